The van der Waals surface area contributed by atoms with Crippen molar-refractivity contribution in [2.45, 2.75) is 25.3 Å². The molecule has 3 atom stereocenters. The lowest BCUT2D eigenvalue weighted by molar-refractivity contribution is -0.136. The van der Waals surface area contributed by atoms with Crippen molar-refractivity contribution < 1.29 is 9.18 Å². The predicted molar refractivity (Wildman–Crippen MR) is 75.9 cm³/mol. The fraction of sp³-hybridized carbons (Fsp3) is 0.562. The van der Waals surface area contributed by atoms with Crippen LogP contribution in [0.1, 0.15) is 24.8 Å². The maximum absolute atomic E-state index is 12.9. The van der Waals surface area contributed by atoms with E-state index in [-0.39, 0.29) is 29.6 Å². The summed E-state index contributed by atoms with van der Waals surface area (Å²) in [6.45, 7) is 4.83. The summed E-state index contributed by atoms with van der Waals surface area (Å²) in [5, 5.41) is 0. The quantitative estimate of drug-likeness (QED) is 0.826. The zero-order valence-corrected chi connectivity index (χ0v) is 12.1. The van der Waals surface area contributed by atoms with Gasteiger partial charge in [0.2, 0.25) is 5.91 Å². The van der Waals surface area contributed by atoms with E-state index >= 15 is 0 Å². The first-order valence-electron chi connectivity index (χ1n) is 7.30. The Bertz CT molecular complexity index is 502. The summed E-state index contributed by atoms with van der Waals surface area (Å²) in [5.74, 6) is 0.450. The molecule has 1 aromatic rings. The van der Waals surface area contributed by atoms with E-state index in [1.54, 1.807) is 12.1 Å². The van der Waals surface area contributed by atoms with Crippen molar-refractivity contribution in [1.82, 2.24) is 9.80 Å². The Morgan fingerprint density at radius 2 is 1.95 bits per heavy atom. The van der Waals surface area contributed by atoms with Crippen LogP contribution in [-0.2, 0) is 4.79 Å². The van der Waals surface area contributed by atoms with Crippen LogP contribution in [0, 0.1) is 11.7 Å². The van der Waals surface area contributed by atoms with Gasteiger partial charge in [0.1, 0.15) is 5.82 Å². The normalized spacial score (nSPS) is 30.4. The molecule has 1 saturated carbocycles. The van der Waals surface area contributed by atoms with Crippen molar-refractivity contribution >= 4 is 5.91 Å². The molecule has 1 heterocycles. The molecular formula is C16H21FN2O. The topological polar surface area (TPSA) is 23.6 Å². The number of benzene rings is 1. The molecule has 3 unspecified atom stereocenters. The zero-order valence-electron chi connectivity index (χ0n) is 12.1. The van der Waals surface area contributed by atoms with Gasteiger partial charge in [-0.25, -0.2) is 4.39 Å². The summed E-state index contributed by atoms with van der Waals surface area (Å²) in [4.78, 5) is 16.8. The molecular weight excluding hydrogens is 255 g/mol. The van der Waals surface area contributed by atoms with E-state index in [1.807, 2.05) is 4.90 Å². The van der Waals surface area contributed by atoms with Gasteiger partial charge >= 0.3 is 0 Å². The number of halogens is 1. The smallest absolute Gasteiger partial charge is 0.226 e. The minimum absolute atomic E-state index is 0.103. The largest absolute Gasteiger partial charge is 0.337 e. The maximum Gasteiger partial charge on any atom is 0.226 e. The molecule has 0 aromatic heterocycles. The molecule has 1 aromatic carbocycles. The van der Waals surface area contributed by atoms with Crippen LogP contribution in [-0.4, -0.2) is 48.4 Å². The molecule has 0 spiro atoms. The van der Waals surface area contributed by atoms with Crippen LogP contribution < -0.4 is 0 Å². The molecule has 1 aliphatic heterocycles. The number of piperazine rings is 1. The van der Waals surface area contributed by atoms with Crippen LogP contribution in [0.2, 0.25) is 0 Å². The number of rotatable bonds is 2. The van der Waals surface area contributed by atoms with Crippen molar-refractivity contribution in [2.75, 3.05) is 26.7 Å². The van der Waals surface area contributed by atoms with Crippen molar-refractivity contribution in [3.05, 3.63) is 35.6 Å². The van der Waals surface area contributed by atoms with Crippen molar-refractivity contribution in [3.63, 3.8) is 0 Å². The van der Waals surface area contributed by atoms with Crippen LogP contribution in [0.15, 0.2) is 24.3 Å². The Morgan fingerprint density at radius 1 is 1.25 bits per heavy atom. The highest BCUT2D eigenvalue weighted by Gasteiger charge is 2.46. The number of carbonyl (C=O) groups excluding carboxylic acids is 1. The molecule has 3 rings (SSSR count). The second-order valence-electron chi connectivity index (χ2n) is 6.14. The molecule has 2 aliphatic rings. The molecule has 1 saturated heterocycles. The average Bonchev–Trinajstić information content (AvgIpc) is 3.19. The Balaban J connectivity index is 1.64. The number of likely N-dealkylation sites (N-methyl/N-ethyl adjacent to an activating group) is 1. The molecule has 2 fully saturated rings. The Hall–Kier alpha value is -1.42. The van der Waals surface area contributed by atoms with Gasteiger partial charge in [-0.2, -0.15) is 0 Å². The highest BCUT2D eigenvalue weighted by Crippen LogP contribution is 2.48. The van der Waals surface area contributed by atoms with Gasteiger partial charge in [-0.05, 0) is 44.0 Å². The van der Waals surface area contributed by atoms with Crippen LogP contribution in [0.3, 0.4) is 0 Å². The van der Waals surface area contributed by atoms with Crippen molar-refractivity contribution in [3.8, 4) is 0 Å². The van der Waals surface area contributed by atoms with Crippen LogP contribution >= 0.6 is 0 Å². The van der Waals surface area contributed by atoms with Crippen LogP contribution in [0.4, 0.5) is 4.39 Å². The highest BCUT2D eigenvalue weighted by molar-refractivity contribution is 5.83. The third kappa shape index (κ3) is 2.57. The Labute approximate surface area is 119 Å². The Morgan fingerprint density at radius 3 is 2.60 bits per heavy atom. The fourth-order valence-electron chi connectivity index (χ4n) is 3.23. The van der Waals surface area contributed by atoms with E-state index < -0.39 is 0 Å². The number of nitrogens with zero attached hydrogens (tertiary/aromatic N) is 2. The standard InChI is InChI=1S/C16H21FN2O/c1-11-10-18(2)7-8-19(11)16(20)15-9-14(15)12-3-5-13(17)6-4-12/h3-6,11,14-15H,7-10H2,1-2H3. The minimum atomic E-state index is -0.218. The lowest BCUT2D eigenvalue weighted by Crippen LogP contribution is -2.53. The molecule has 20 heavy (non-hydrogen) atoms. The summed E-state index contributed by atoms with van der Waals surface area (Å²) >= 11 is 0. The summed E-state index contributed by atoms with van der Waals surface area (Å²) in [7, 11) is 2.09. The molecule has 0 N–H and O–H groups in total. The second kappa shape index (κ2) is 5.17. The molecule has 108 valence electrons. The zero-order chi connectivity index (χ0) is 14.3. The lowest BCUT2D eigenvalue weighted by Gasteiger charge is -2.38. The monoisotopic (exact) mass is 276 g/mol. The lowest BCUT2D eigenvalue weighted by atomic mass is 10.1. The molecule has 3 nitrogen and oxygen atoms in total. The number of hydrogen-bond acceptors (Lipinski definition) is 2. The van der Waals surface area contributed by atoms with Gasteiger partial charge in [-0.1, -0.05) is 12.1 Å². The number of hydrogen-bond donors (Lipinski definition) is 0. The van der Waals surface area contributed by atoms with Gasteiger partial charge in [0.25, 0.3) is 0 Å². The highest BCUT2D eigenvalue weighted by atomic mass is 19.1. The first-order chi connectivity index (χ1) is 9.56. The van der Waals surface area contributed by atoms with E-state index in [0.29, 0.717) is 0 Å². The molecule has 1 aliphatic carbocycles. The molecule has 4 heteroatoms. The van der Waals surface area contributed by atoms with Gasteiger partial charge in [0.05, 0.1) is 0 Å². The fourth-order valence-corrected chi connectivity index (χ4v) is 3.23. The maximum atomic E-state index is 12.9. The first-order valence-corrected chi connectivity index (χ1v) is 7.30. The second-order valence-corrected chi connectivity index (χ2v) is 6.14. The Kier molecular flexibility index (Phi) is 3.50. The van der Waals surface area contributed by atoms with Gasteiger partial charge in [-0.15, -0.1) is 0 Å². The molecule has 1 amide bonds. The van der Waals surface area contributed by atoms with Gasteiger partial charge in [-0.3, -0.25) is 4.79 Å². The van der Waals surface area contributed by atoms with E-state index in [9.17, 15) is 9.18 Å². The van der Waals surface area contributed by atoms with Crippen molar-refractivity contribution in [2.24, 2.45) is 5.92 Å². The molecule has 0 radical (unpaired) electrons. The van der Waals surface area contributed by atoms with Gasteiger partial charge in [0, 0.05) is 31.6 Å². The summed E-state index contributed by atoms with van der Waals surface area (Å²) in [6, 6.07) is 6.86. The summed E-state index contributed by atoms with van der Waals surface area (Å²) < 4.78 is 12.9. The first kappa shape index (κ1) is 13.6. The third-order valence-corrected chi connectivity index (χ3v) is 4.52. The van der Waals surface area contributed by atoms with Crippen LogP contribution in [0.25, 0.3) is 0 Å². The van der Waals surface area contributed by atoms with E-state index in [2.05, 4.69) is 18.9 Å². The van der Waals surface area contributed by atoms with Gasteiger partial charge in [0.15, 0.2) is 0 Å². The minimum Gasteiger partial charge on any atom is -0.337 e. The van der Waals surface area contributed by atoms with E-state index in [4.69, 9.17) is 0 Å². The van der Waals surface area contributed by atoms with E-state index in [0.717, 1.165) is 31.6 Å². The van der Waals surface area contributed by atoms with E-state index in [1.165, 1.54) is 12.1 Å². The third-order valence-electron chi connectivity index (χ3n) is 4.52. The van der Waals surface area contributed by atoms with Crippen LogP contribution in [0.5, 0.6) is 0 Å². The predicted octanol–water partition coefficient (Wildman–Crippen LogP) is 2.09. The molecule has 0 bridgehead atoms. The number of carbonyl (C=O) groups is 1. The average molecular weight is 276 g/mol. The number of amides is 1. The van der Waals surface area contributed by atoms with Crippen molar-refractivity contribution in [1.29, 1.82) is 0 Å². The SMILES string of the molecule is CC1CN(C)CCN1C(=O)C1CC1c1ccc(F)cc1. The summed E-state index contributed by atoms with van der Waals surface area (Å²) in [5.41, 5.74) is 1.09. The summed E-state index contributed by atoms with van der Waals surface area (Å²) in [6.07, 6.45) is 0.906. The van der Waals surface area contributed by atoms with Gasteiger partial charge < -0.3 is 9.80 Å².